The van der Waals surface area contributed by atoms with Crippen molar-refractivity contribution in [2.75, 3.05) is 0 Å². The average molecular weight is 180 g/mol. The number of nitro benzene ring substituents is 1. The molecule has 0 atom stereocenters. The Balaban J connectivity index is 2.70. The quantitative estimate of drug-likeness (QED) is 0.540. The van der Waals surface area contributed by atoms with E-state index in [1.165, 1.54) is 24.4 Å². The fourth-order valence-corrected chi connectivity index (χ4v) is 1.19. The van der Waals surface area contributed by atoms with Gasteiger partial charge in [-0.05, 0) is 6.07 Å². The molecule has 1 aromatic heterocycles. The zero-order valence-corrected chi connectivity index (χ0v) is 6.45. The molecule has 1 N–H and O–H groups in total. The highest BCUT2D eigenvalue weighted by atomic mass is 19.1. The third-order valence-corrected chi connectivity index (χ3v) is 1.83. The summed E-state index contributed by atoms with van der Waals surface area (Å²) >= 11 is 0. The maximum Gasteiger partial charge on any atom is 0.271 e. The number of fused-ring (bicyclic) bond motifs is 1. The third kappa shape index (κ3) is 1.14. The molecule has 0 amide bonds. The fraction of sp³-hybridized carbons (Fsp3) is 0. The molecule has 0 aliphatic rings. The SMILES string of the molecule is O=[N+]([O-])c1ccc2c(F)c[nH]c2c1. The van der Waals surface area contributed by atoms with E-state index in [4.69, 9.17) is 0 Å². The summed E-state index contributed by atoms with van der Waals surface area (Å²) in [6, 6.07) is 3.97. The zero-order valence-electron chi connectivity index (χ0n) is 6.45. The largest absolute Gasteiger partial charge is 0.358 e. The Bertz CT molecular complexity index is 478. The Morgan fingerprint density at radius 3 is 2.92 bits per heavy atom. The van der Waals surface area contributed by atoms with Crippen molar-refractivity contribution in [2.24, 2.45) is 0 Å². The number of halogens is 1. The first-order chi connectivity index (χ1) is 6.18. The molecule has 5 heteroatoms. The summed E-state index contributed by atoms with van der Waals surface area (Å²) < 4.78 is 12.9. The van der Waals surface area contributed by atoms with Gasteiger partial charge in [-0.2, -0.15) is 0 Å². The summed E-state index contributed by atoms with van der Waals surface area (Å²) in [6.45, 7) is 0. The van der Waals surface area contributed by atoms with Gasteiger partial charge < -0.3 is 4.98 Å². The van der Waals surface area contributed by atoms with Crippen LogP contribution in [0.5, 0.6) is 0 Å². The predicted octanol–water partition coefficient (Wildman–Crippen LogP) is 2.22. The Hall–Kier alpha value is -1.91. The predicted molar refractivity (Wildman–Crippen MR) is 44.9 cm³/mol. The molecule has 0 aliphatic carbocycles. The second-order valence-corrected chi connectivity index (χ2v) is 2.62. The minimum absolute atomic E-state index is 0.0469. The van der Waals surface area contributed by atoms with Crippen molar-refractivity contribution in [3.63, 3.8) is 0 Å². The molecule has 2 rings (SSSR count). The number of hydrogen-bond acceptors (Lipinski definition) is 2. The smallest absolute Gasteiger partial charge is 0.271 e. The highest BCUT2D eigenvalue weighted by Gasteiger charge is 2.08. The molecule has 0 saturated heterocycles. The van der Waals surface area contributed by atoms with Crippen molar-refractivity contribution in [1.29, 1.82) is 0 Å². The van der Waals surface area contributed by atoms with E-state index in [1.54, 1.807) is 0 Å². The van der Waals surface area contributed by atoms with Gasteiger partial charge in [0.25, 0.3) is 5.69 Å². The number of nitrogens with one attached hydrogen (secondary N) is 1. The topological polar surface area (TPSA) is 58.9 Å². The van der Waals surface area contributed by atoms with E-state index in [0.717, 1.165) is 0 Å². The summed E-state index contributed by atoms with van der Waals surface area (Å²) in [4.78, 5) is 12.4. The molecule has 0 spiro atoms. The van der Waals surface area contributed by atoms with Gasteiger partial charge in [0.1, 0.15) is 5.82 Å². The highest BCUT2D eigenvalue weighted by Crippen LogP contribution is 2.21. The summed E-state index contributed by atoms with van der Waals surface area (Å²) in [5, 5.41) is 10.7. The maximum absolute atomic E-state index is 12.9. The number of aromatic amines is 1. The van der Waals surface area contributed by atoms with E-state index >= 15 is 0 Å². The minimum Gasteiger partial charge on any atom is -0.358 e. The van der Waals surface area contributed by atoms with Crippen molar-refractivity contribution in [1.82, 2.24) is 4.98 Å². The molecular weight excluding hydrogens is 175 g/mol. The Kier molecular flexibility index (Phi) is 1.51. The molecular formula is C8H5FN2O2. The van der Waals surface area contributed by atoms with Crippen molar-refractivity contribution < 1.29 is 9.31 Å². The van der Waals surface area contributed by atoms with Crippen LogP contribution in [0.3, 0.4) is 0 Å². The number of nitrogens with zero attached hydrogens (tertiary/aromatic N) is 1. The van der Waals surface area contributed by atoms with Gasteiger partial charge in [0, 0.05) is 23.7 Å². The monoisotopic (exact) mass is 180 g/mol. The Labute approximate surface area is 72.1 Å². The molecule has 1 heterocycles. The number of non-ortho nitro benzene ring substituents is 1. The lowest BCUT2D eigenvalue weighted by Gasteiger charge is -1.91. The molecule has 2 aromatic rings. The molecule has 1 aromatic carbocycles. The van der Waals surface area contributed by atoms with Crippen LogP contribution in [-0.4, -0.2) is 9.91 Å². The number of H-pyrrole nitrogens is 1. The standard InChI is InChI=1S/C8H5FN2O2/c9-7-4-10-8-3-5(11(12)13)1-2-6(7)8/h1-4,10H. The van der Waals surface area contributed by atoms with Crippen LogP contribution in [0.2, 0.25) is 0 Å². The van der Waals surface area contributed by atoms with Crippen LogP contribution in [0.4, 0.5) is 10.1 Å². The van der Waals surface area contributed by atoms with Gasteiger partial charge in [-0.25, -0.2) is 4.39 Å². The molecule has 0 fully saturated rings. The molecule has 0 aliphatic heterocycles. The molecule has 13 heavy (non-hydrogen) atoms. The Morgan fingerprint density at radius 1 is 1.46 bits per heavy atom. The molecule has 0 saturated carbocycles. The highest BCUT2D eigenvalue weighted by molar-refractivity contribution is 5.82. The van der Waals surface area contributed by atoms with Gasteiger partial charge >= 0.3 is 0 Å². The van der Waals surface area contributed by atoms with Crippen LogP contribution < -0.4 is 0 Å². The van der Waals surface area contributed by atoms with Crippen LogP contribution in [-0.2, 0) is 0 Å². The first kappa shape index (κ1) is 7.72. The summed E-state index contributed by atoms with van der Waals surface area (Å²) in [5.74, 6) is -0.398. The van der Waals surface area contributed by atoms with Crippen LogP contribution >= 0.6 is 0 Å². The van der Waals surface area contributed by atoms with Crippen molar-refractivity contribution in [2.45, 2.75) is 0 Å². The maximum atomic E-state index is 12.9. The number of hydrogen-bond donors (Lipinski definition) is 1. The van der Waals surface area contributed by atoms with Gasteiger partial charge in [0.05, 0.1) is 10.4 Å². The van der Waals surface area contributed by atoms with E-state index in [2.05, 4.69) is 4.98 Å². The first-order valence-corrected chi connectivity index (χ1v) is 3.59. The molecule has 0 radical (unpaired) electrons. The first-order valence-electron chi connectivity index (χ1n) is 3.59. The Morgan fingerprint density at radius 2 is 2.23 bits per heavy atom. The van der Waals surface area contributed by atoms with Crippen LogP contribution in [0.25, 0.3) is 10.9 Å². The zero-order chi connectivity index (χ0) is 9.42. The molecule has 4 nitrogen and oxygen atoms in total. The van der Waals surface area contributed by atoms with Crippen LogP contribution in [0.1, 0.15) is 0 Å². The molecule has 66 valence electrons. The second-order valence-electron chi connectivity index (χ2n) is 2.62. The van der Waals surface area contributed by atoms with E-state index in [-0.39, 0.29) is 5.69 Å². The summed E-state index contributed by atoms with van der Waals surface area (Å²) in [5.41, 5.74) is 0.390. The van der Waals surface area contributed by atoms with Crippen molar-refractivity contribution >= 4 is 16.6 Å². The summed E-state index contributed by atoms with van der Waals surface area (Å²) in [6.07, 6.45) is 1.17. The molecule has 0 bridgehead atoms. The lowest BCUT2D eigenvalue weighted by atomic mass is 10.2. The van der Waals surface area contributed by atoms with Gasteiger partial charge in [-0.3, -0.25) is 10.1 Å². The van der Waals surface area contributed by atoms with Crippen LogP contribution in [0.15, 0.2) is 24.4 Å². The average Bonchev–Trinajstić information content (AvgIpc) is 2.47. The number of nitro groups is 1. The number of benzene rings is 1. The van der Waals surface area contributed by atoms with Crippen molar-refractivity contribution in [3.8, 4) is 0 Å². The third-order valence-electron chi connectivity index (χ3n) is 1.83. The van der Waals surface area contributed by atoms with Gasteiger partial charge in [0.15, 0.2) is 0 Å². The van der Waals surface area contributed by atoms with Crippen molar-refractivity contribution in [3.05, 3.63) is 40.3 Å². The van der Waals surface area contributed by atoms with Gasteiger partial charge in [0.2, 0.25) is 0 Å². The fourth-order valence-electron chi connectivity index (χ4n) is 1.19. The molecule has 0 unspecified atom stereocenters. The lowest BCUT2D eigenvalue weighted by Crippen LogP contribution is -1.86. The number of aromatic nitrogens is 1. The van der Waals surface area contributed by atoms with Crippen LogP contribution in [0, 0.1) is 15.9 Å². The van der Waals surface area contributed by atoms with Gasteiger partial charge in [-0.15, -0.1) is 0 Å². The normalized spacial score (nSPS) is 10.5. The van der Waals surface area contributed by atoms with E-state index < -0.39 is 10.7 Å². The minimum atomic E-state index is -0.516. The van der Waals surface area contributed by atoms with E-state index in [1.807, 2.05) is 0 Å². The lowest BCUT2D eigenvalue weighted by molar-refractivity contribution is -0.384. The second kappa shape index (κ2) is 2.55. The van der Waals surface area contributed by atoms with Gasteiger partial charge in [-0.1, -0.05) is 0 Å². The van der Waals surface area contributed by atoms with E-state index in [0.29, 0.717) is 10.9 Å². The number of rotatable bonds is 1. The van der Waals surface area contributed by atoms with E-state index in [9.17, 15) is 14.5 Å². The summed E-state index contributed by atoms with van der Waals surface area (Å²) in [7, 11) is 0.